The molecule has 0 radical (unpaired) electrons. The second-order valence-electron chi connectivity index (χ2n) is 9.43. The normalized spacial score (nSPS) is 11.5. The van der Waals surface area contributed by atoms with Gasteiger partial charge in [-0.25, -0.2) is 0 Å². The van der Waals surface area contributed by atoms with Crippen LogP contribution in [0.4, 0.5) is 0 Å². The summed E-state index contributed by atoms with van der Waals surface area (Å²) in [6.07, 6.45) is 4.22. The summed E-state index contributed by atoms with van der Waals surface area (Å²) in [6, 6.07) is 36.4. The Morgan fingerprint density at radius 1 is 0.639 bits per heavy atom. The minimum atomic E-state index is 0.561. The van der Waals surface area contributed by atoms with Gasteiger partial charge in [0.1, 0.15) is 11.2 Å². The van der Waals surface area contributed by atoms with Crippen LogP contribution in [0.3, 0.4) is 0 Å². The number of furan rings is 1. The summed E-state index contributed by atoms with van der Waals surface area (Å²) in [7, 11) is 0. The smallest absolute Gasteiger partial charge is 0.136 e. The number of hydrogen-bond acceptors (Lipinski definition) is 2. The second kappa shape index (κ2) is 9.47. The second-order valence-corrected chi connectivity index (χ2v) is 9.43. The molecule has 6 rings (SSSR count). The van der Waals surface area contributed by atoms with Gasteiger partial charge in [0.15, 0.2) is 0 Å². The highest BCUT2D eigenvalue weighted by molar-refractivity contribution is 6.14. The molecule has 0 unspecified atom stereocenters. The van der Waals surface area contributed by atoms with Crippen LogP contribution in [0.2, 0.25) is 0 Å². The topological polar surface area (TPSA) is 26.0 Å². The molecule has 0 saturated carbocycles. The zero-order valence-electron chi connectivity index (χ0n) is 20.7. The maximum absolute atomic E-state index is 6.44. The Bertz CT molecular complexity index is 1640. The van der Waals surface area contributed by atoms with E-state index in [0.717, 1.165) is 51.6 Å². The molecule has 0 atom stereocenters. The third-order valence-electron chi connectivity index (χ3n) is 7.30. The van der Waals surface area contributed by atoms with Gasteiger partial charge in [-0.15, -0.1) is 0 Å². The fourth-order valence-corrected chi connectivity index (χ4v) is 5.33. The number of fused-ring (bicyclic) bond motifs is 3. The van der Waals surface area contributed by atoms with Crippen LogP contribution in [0.1, 0.15) is 38.2 Å². The van der Waals surface area contributed by atoms with E-state index in [4.69, 9.17) is 9.40 Å². The van der Waals surface area contributed by atoms with Crippen molar-refractivity contribution in [2.45, 2.75) is 32.6 Å². The summed E-state index contributed by atoms with van der Waals surface area (Å²) in [4.78, 5) is 4.74. The molecule has 0 N–H and O–H groups in total. The summed E-state index contributed by atoms with van der Waals surface area (Å²) in [5.74, 6) is 0.561. The largest absolute Gasteiger partial charge is 0.456 e. The Hall–Kier alpha value is -4.17. The SMILES string of the molecule is CCC(CC)c1ccnc(-c2ccc3oc4cc(-c5ccccc5)cc(-c5ccccc5)c4c3c2)c1. The number of pyridine rings is 1. The summed E-state index contributed by atoms with van der Waals surface area (Å²) in [5.41, 5.74) is 9.99. The quantitative estimate of drug-likeness (QED) is 0.243. The van der Waals surface area contributed by atoms with Crippen LogP contribution in [-0.2, 0) is 0 Å². The van der Waals surface area contributed by atoms with E-state index in [1.54, 1.807) is 0 Å². The minimum Gasteiger partial charge on any atom is -0.456 e. The van der Waals surface area contributed by atoms with Gasteiger partial charge in [-0.1, -0.05) is 74.5 Å². The van der Waals surface area contributed by atoms with Gasteiger partial charge in [0.2, 0.25) is 0 Å². The van der Waals surface area contributed by atoms with Gasteiger partial charge in [0.25, 0.3) is 0 Å². The average Bonchev–Trinajstić information content (AvgIpc) is 3.32. The van der Waals surface area contributed by atoms with Crippen molar-refractivity contribution in [3.8, 4) is 33.5 Å². The molecule has 0 aliphatic heterocycles. The number of hydrogen-bond donors (Lipinski definition) is 0. The van der Waals surface area contributed by atoms with E-state index < -0.39 is 0 Å². The van der Waals surface area contributed by atoms with Crippen LogP contribution in [0, 0.1) is 0 Å². The van der Waals surface area contributed by atoms with Crippen molar-refractivity contribution in [3.05, 3.63) is 115 Å². The number of benzene rings is 4. The predicted octanol–water partition coefficient (Wildman–Crippen LogP) is 9.89. The van der Waals surface area contributed by atoms with Crippen LogP contribution in [0.25, 0.3) is 55.4 Å². The van der Waals surface area contributed by atoms with Crippen molar-refractivity contribution in [2.75, 3.05) is 0 Å². The van der Waals surface area contributed by atoms with Crippen molar-refractivity contribution >= 4 is 21.9 Å². The Kier molecular flexibility index (Phi) is 5.87. The van der Waals surface area contributed by atoms with E-state index >= 15 is 0 Å². The van der Waals surface area contributed by atoms with Gasteiger partial charge in [-0.05, 0) is 89.0 Å². The van der Waals surface area contributed by atoms with E-state index in [-0.39, 0.29) is 0 Å². The van der Waals surface area contributed by atoms with E-state index in [1.165, 1.54) is 22.3 Å². The Balaban J connectivity index is 1.58. The molecule has 176 valence electrons. The highest BCUT2D eigenvalue weighted by atomic mass is 16.3. The van der Waals surface area contributed by atoms with Crippen LogP contribution in [0.5, 0.6) is 0 Å². The molecule has 0 bridgehead atoms. The molecule has 0 aliphatic rings. The standard InChI is InChI=1S/C34H29NO/c1-3-23(4-2)26-17-18-35-31(21-26)27-15-16-32-30(19-27)34-29(25-13-9-6-10-14-25)20-28(22-33(34)36-32)24-11-7-5-8-12-24/h5-23H,3-4H2,1-2H3. The first-order valence-corrected chi connectivity index (χ1v) is 12.8. The lowest BCUT2D eigenvalue weighted by atomic mass is 9.92. The Morgan fingerprint density at radius 2 is 1.36 bits per heavy atom. The summed E-state index contributed by atoms with van der Waals surface area (Å²) in [6.45, 7) is 4.51. The van der Waals surface area contributed by atoms with Gasteiger partial charge >= 0.3 is 0 Å². The predicted molar refractivity (Wildman–Crippen MR) is 151 cm³/mol. The third-order valence-corrected chi connectivity index (χ3v) is 7.30. The fraction of sp³-hybridized carbons (Fsp3) is 0.147. The fourth-order valence-electron chi connectivity index (χ4n) is 5.33. The summed E-state index contributed by atoms with van der Waals surface area (Å²) < 4.78 is 6.44. The lowest BCUT2D eigenvalue weighted by molar-refractivity contribution is 0.641. The van der Waals surface area contributed by atoms with Crippen LogP contribution < -0.4 is 0 Å². The van der Waals surface area contributed by atoms with Gasteiger partial charge in [0.05, 0.1) is 5.69 Å². The molecular weight excluding hydrogens is 438 g/mol. The van der Waals surface area contributed by atoms with Gasteiger partial charge in [-0.3, -0.25) is 4.98 Å². The molecule has 0 amide bonds. The maximum Gasteiger partial charge on any atom is 0.136 e. The van der Waals surface area contributed by atoms with E-state index in [1.807, 2.05) is 6.20 Å². The molecule has 0 saturated heterocycles. The first-order valence-electron chi connectivity index (χ1n) is 12.8. The molecule has 0 fully saturated rings. The van der Waals surface area contributed by atoms with Gasteiger partial charge < -0.3 is 4.42 Å². The third kappa shape index (κ3) is 3.99. The first kappa shape index (κ1) is 22.3. The summed E-state index contributed by atoms with van der Waals surface area (Å²) in [5, 5.41) is 2.27. The molecule has 6 aromatic rings. The first-order chi connectivity index (χ1) is 17.7. The Labute approximate surface area is 212 Å². The van der Waals surface area contributed by atoms with Gasteiger partial charge in [0, 0.05) is 22.5 Å². The Morgan fingerprint density at radius 3 is 2.08 bits per heavy atom. The van der Waals surface area contributed by atoms with Crippen molar-refractivity contribution in [1.82, 2.24) is 4.98 Å². The monoisotopic (exact) mass is 467 g/mol. The van der Waals surface area contributed by atoms with Gasteiger partial charge in [-0.2, -0.15) is 0 Å². The van der Waals surface area contributed by atoms with Crippen molar-refractivity contribution < 1.29 is 4.42 Å². The van der Waals surface area contributed by atoms with Crippen LogP contribution >= 0.6 is 0 Å². The highest BCUT2D eigenvalue weighted by Gasteiger charge is 2.17. The maximum atomic E-state index is 6.44. The lowest BCUT2D eigenvalue weighted by Crippen LogP contribution is -1.96. The molecule has 0 spiro atoms. The van der Waals surface area contributed by atoms with Crippen molar-refractivity contribution in [1.29, 1.82) is 0 Å². The number of aromatic nitrogens is 1. The molecule has 36 heavy (non-hydrogen) atoms. The number of nitrogens with zero attached hydrogens (tertiary/aromatic N) is 1. The highest BCUT2D eigenvalue weighted by Crippen LogP contribution is 2.41. The molecule has 2 aromatic heterocycles. The zero-order chi connectivity index (χ0) is 24.5. The molecule has 2 heteroatoms. The van der Waals surface area contributed by atoms with E-state index in [9.17, 15) is 0 Å². The van der Waals surface area contributed by atoms with E-state index in [0.29, 0.717) is 5.92 Å². The molecule has 2 nitrogen and oxygen atoms in total. The van der Waals surface area contributed by atoms with Crippen molar-refractivity contribution in [2.24, 2.45) is 0 Å². The zero-order valence-corrected chi connectivity index (χ0v) is 20.7. The molecule has 4 aromatic carbocycles. The molecular formula is C34H29NO. The number of rotatable bonds is 6. The minimum absolute atomic E-state index is 0.561. The average molecular weight is 468 g/mol. The molecule has 2 heterocycles. The van der Waals surface area contributed by atoms with E-state index in [2.05, 4.69) is 117 Å². The van der Waals surface area contributed by atoms with Crippen LogP contribution in [0.15, 0.2) is 114 Å². The van der Waals surface area contributed by atoms with Crippen molar-refractivity contribution in [3.63, 3.8) is 0 Å². The lowest BCUT2D eigenvalue weighted by Gasteiger charge is -2.13. The van der Waals surface area contributed by atoms with Crippen LogP contribution in [-0.4, -0.2) is 4.98 Å². The summed E-state index contributed by atoms with van der Waals surface area (Å²) >= 11 is 0. The molecule has 0 aliphatic carbocycles.